The number of carbonyl (C=O) groups excluding carboxylic acids is 2. The molecular formula is C21H36Na2O7S. The molecule has 0 aliphatic heterocycles. The van der Waals surface area contributed by atoms with Crippen LogP contribution < -0.4 is 69.3 Å². The van der Waals surface area contributed by atoms with Gasteiger partial charge in [-0.25, -0.2) is 0 Å². The minimum absolute atomic E-state index is 0. The third-order valence-electron chi connectivity index (χ3n) is 5.31. The molecule has 31 heavy (non-hydrogen) atoms. The number of hydrogen-bond donors (Lipinski definition) is 1. The molecule has 2 atom stereocenters. The topological polar surface area (TPSA) is 135 Å². The van der Waals surface area contributed by atoms with Crippen LogP contribution >= 0.6 is 0 Å². The second-order valence-electron chi connectivity index (χ2n) is 7.98. The summed E-state index contributed by atoms with van der Waals surface area (Å²) in [6.45, 7) is 6.99. The number of carboxylic acid groups (broad SMARTS) is 2. The number of hydrogen-bond acceptors (Lipinski definition) is 6. The molecule has 0 aliphatic rings. The molecule has 0 rings (SSSR count). The van der Waals surface area contributed by atoms with Gasteiger partial charge in [0, 0.05) is 11.9 Å². The van der Waals surface area contributed by atoms with Crippen molar-refractivity contribution in [2.24, 2.45) is 5.92 Å². The van der Waals surface area contributed by atoms with Crippen LogP contribution in [0.25, 0.3) is 0 Å². The zero-order valence-electron chi connectivity index (χ0n) is 19.8. The van der Waals surface area contributed by atoms with Gasteiger partial charge >= 0.3 is 59.1 Å². The van der Waals surface area contributed by atoms with Gasteiger partial charge in [0.1, 0.15) is 4.75 Å². The van der Waals surface area contributed by atoms with Crippen LogP contribution in [0.3, 0.4) is 0 Å². The summed E-state index contributed by atoms with van der Waals surface area (Å²) in [5, 5.41) is 23.3. The van der Waals surface area contributed by atoms with E-state index in [0.29, 0.717) is 12.8 Å². The SMILES string of the molecule is C=C(C)CC(C(=O)[O-])(C(CCCCCCCCCCCCC)C(=O)[O-])S(=O)(=O)O.[Na+].[Na+]. The van der Waals surface area contributed by atoms with Crippen LogP contribution in [0, 0.1) is 5.92 Å². The van der Waals surface area contributed by atoms with Crippen LogP contribution in [0.15, 0.2) is 12.2 Å². The third-order valence-corrected chi connectivity index (χ3v) is 6.83. The summed E-state index contributed by atoms with van der Waals surface area (Å²) >= 11 is 0. The van der Waals surface area contributed by atoms with Gasteiger partial charge in [-0.2, -0.15) is 8.42 Å². The van der Waals surface area contributed by atoms with Crippen molar-refractivity contribution < 1.29 is 91.9 Å². The summed E-state index contributed by atoms with van der Waals surface area (Å²) in [5.41, 5.74) is 0.108. The van der Waals surface area contributed by atoms with Crippen molar-refractivity contribution in [1.82, 2.24) is 0 Å². The Hall–Kier alpha value is 0.590. The monoisotopic (exact) mass is 478 g/mol. The average Bonchev–Trinajstić information content (AvgIpc) is 2.59. The van der Waals surface area contributed by atoms with Gasteiger partial charge < -0.3 is 19.8 Å². The van der Waals surface area contributed by atoms with Crippen molar-refractivity contribution in [3.8, 4) is 0 Å². The third kappa shape index (κ3) is 13.2. The molecule has 1 N–H and O–H groups in total. The fourth-order valence-electron chi connectivity index (χ4n) is 3.72. The standard InChI is InChI=1S/C21H38O7S.2Na/c1-4-5-6-7-8-9-10-11-12-13-14-15-18(19(22)23)21(20(24)25,16-17(2)3)29(26,27)28;;/h18H,2,4-16H2,1,3H3,(H,22,23)(H,24,25)(H,26,27,28);;/q;2*+1/p-2. The summed E-state index contributed by atoms with van der Waals surface area (Å²) in [7, 11) is -5.27. The van der Waals surface area contributed by atoms with Gasteiger partial charge in [-0.15, -0.1) is 6.58 Å². The molecule has 0 saturated heterocycles. The zero-order valence-corrected chi connectivity index (χ0v) is 24.6. The van der Waals surface area contributed by atoms with Crippen molar-refractivity contribution in [2.45, 2.75) is 102 Å². The van der Waals surface area contributed by atoms with Gasteiger partial charge in [-0.3, -0.25) is 4.55 Å². The molecule has 0 amide bonds. The molecule has 0 fully saturated rings. The molecule has 0 aromatic heterocycles. The van der Waals surface area contributed by atoms with Crippen molar-refractivity contribution in [1.29, 1.82) is 0 Å². The zero-order chi connectivity index (χ0) is 22.5. The van der Waals surface area contributed by atoms with Crippen LogP contribution in [0.2, 0.25) is 0 Å². The Morgan fingerprint density at radius 3 is 1.58 bits per heavy atom. The number of carbonyl (C=O) groups is 2. The first kappa shape index (κ1) is 36.2. The molecule has 0 aliphatic carbocycles. The van der Waals surface area contributed by atoms with Gasteiger partial charge in [0.05, 0.1) is 5.97 Å². The summed E-state index contributed by atoms with van der Waals surface area (Å²) in [5.74, 6) is -5.90. The van der Waals surface area contributed by atoms with Crippen LogP contribution in [0.4, 0.5) is 0 Å². The average molecular weight is 479 g/mol. The first-order valence-corrected chi connectivity index (χ1v) is 12.0. The number of allylic oxidation sites excluding steroid dienone is 1. The van der Waals surface area contributed by atoms with Gasteiger partial charge in [0.15, 0.2) is 0 Å². The number of rotatable bonds is 18. The van der Waals surface area contributed by atoms with E-state index in [9.17, 15) is 32.8 Å². The largest absolute Gasteiger partial charge is 1.00 e. The van der Waals surface area contributed by atoms with E-state index >= 15 is 0 Å². The van der Waals surface area contributed by atoms with Gasteiger partial charge in [0.2, 0.25) is 0 Å². The van der Waals surface area contributed by atoms with Crippen LogP contribution in [0.5, 0.6) is 0 Å². The maximum Gasteiger partial charge on any atom is 1.00 e. The quantitative estimate of drug-likeness (QED) is 0.0931. The van der Waals surface area contributed by atoms with Crippen LogP contribution in [-0.4, -0.2) is 29.7 Å². The Bertz CT molecular complexity index is 638. The van der Waals surface area contributed by atoms with E-state index in [1.165, 1.54) is 39.0 Å². The molecule has 0 radical (unpaired) electrons. The summed E-state index contributed by atoms with van der Waals surface area (Å²) in [4.78, 5) is 23.3. The first-order valence-electron chi connectivity index (χ1n) is 10.5. The van der Waals surface area contributed by atoms with E-state index in [1.807, 2.05) is 0 Å². The molecule has 0 saturated carbocycles. The molecule has 170 valence electrons. The molecular weight excluding hydrogens is 442 g/mol. The van der Waals surface area contributed by atoms with E-state index < -0.39 is 39.1 Å². The van der Waals surface area contributed by atoms with Gasteiger partial charge in [0.25, 0.3) is 10.1 Å². The summed E-state index contributed by atoms with van der Waals surface area (Å²) < 4.78 is 30.3. The van der Waals surface area contributed by atoms with Crippen LogP contribution in [-0.2, 0) is 19.7 Å². The van der Waals surface area contributed by atoms with E-state index in [1.54, 1.807) is 0 Å². The second kappa shape index (κ2) is 19.0. The Kier molecular flexibility index (Phi) is 22.1. The Morgan fingerprint density at radius 1 is 0.903 bits per heavy atom. The molecule has 0 aromatic rings. The minimum atomic E-state index is -5.27. The molecule has 0 heterocycles. The normalized spacial score (nSPS) is 13.9. The summed E-state index contributed by atoms with van der Waals surface area (Å²) in [6.07, 6.45) is 10.2. The number of aliphatic carboxylic acids is 2. The van der Waals surface area contributed by atoms with Crippen LogP contribution in [0.1, 0.15) is 97.3 Å². The Balaban J connectivity index is -0.00000392. The van der Waals surface area contributed by atoms with Gasteiger partial charge in [-0.05, 0) is 19.8 Å². The second-order valence-corrected chi connectivity index (χ2v) is 9.66. The van der Waals surface area contributed by atoms with E-state index in [2.05, 4.69) is 13.5 Å². The first-order chi connectivity index (χ1) is 13.5. The van der Waals surface area contributed by atoms with E-state index in [-0.39, 0.29) is 71.1 Å². The molecule has 7 nitrogen and oxygen atoms in total. The summed E-state index contributed by atoms with van der Waals surface area (Å²) in [6, 6.07) is 0. The predicted octanol–water partition coefficient (Wildman–Crippen LogP) is -3.60. The molecule has 10 heteroatoms. The van der Waals surface area contributed by atoms with Gasteiger partial charge in [-0.1, -0.05) is 83.1 Å². The number of unbranched alkanes of at least 4 members (excludes halogenated alkanes) is 10. The molecule has 2 unspecified atom stereocenters. The molecule has 0 aromatic carbocycles. The Labute approximate surface area is 232 Å². The minimum Gasteiger partial charge on any atom is -0.550 e. The molecule has 0 bridgehead atoms. The van der Waals surface area contributed by atoms with Crippen molar-refractivity contribution in [3.63, 3.8) is 0 Å². The fourth-order valence-corrected chi connectivity index (χ4v) is 4.93. The predicted molar refractivity (Wildman–Crippen MR) is 108 cm³/mol. The van der Waals surface area contributed by atoms with Crippen molar-refractivity contribution >= 4 is 22.1 Å². The maximum atomic E-state index is 11.9. The fraction of sp³-hybridized carbons (Fsp3) is 0.810. The van der Waals surface area contributed by atoms with Crippen molar-refractivity contribution in [2.75, 3.05) is 0 Å². The van der Waals surface area contributed by atoms with E-state index in [4.69, 9.17) is 0 Å². The van der Waals surface area contributed by atoms with Crippen molar-refractivity contribution in [3.05, 3.63) is 12.2 Å². The maximum absolute atomic E-state index is 11.9. The van der Waals surface area contributed by atoms with E-state index in [0.717, 1.165) is 25.7 Å². The number of carboxylic acids is 2. The Morgan fingerprint density at radius 2 is 1.29 bits per heavy atom. The molecule has 0 spiro atoms. The smallest absolute Gasteiger partial charge is 0.550 e.